The van der Waals surface area contributed by atoms with Gasteiger partial charge in [-0.05, 0) is 12.8 Å². The van der Waals surface area contributed by atoms with E-state index in [1.54, 1.807) is 7.11 Å². The summed E-state index contributed by atoms with van der Waals surface area (Å²) in [7, 11) is 1.28. The molecule has 18 heavy (non-hydrogen) atoms. The second-order valence-electron chi connectivity index (χ2n) is 5.32. The minimum atomic E-state index is -0.526. The van der Waals surface area contributed by atoms with Crippen LogP contribution in [0.25, 0.3) is 0 Å². The van der Waals surface area contributed by atoms with E-state index in [0.717, 1.165) is 26.4 Å². The zero-order valence-electron chi connectivity index (χ0n) is 12.2. The second-order valence-corrected chi connectivity index (χ2v) is 8.78. The van der Waals surface area contributed by atoms with Gasteiger partial charge in [-0.15, -0.1) is 0 Å². The van der Waals surface area contributed by atoms with Crippen molar-refractivity contribution in [2.75, 3.05) is 33.5 Å². The molecule has 2 atom stereocenters. The quantitative estimate of drug-likeness (QED) is 0.294. The van der Waals surface area contributed by atoms with Gasteiger partial charge in [0, 0.05) is 29.1 Å². The summed E-state index contributed by atoms with van der Waals surface area (Å²) >= 11 is 0. The Kier molecular flexibility index (Phi) is 9.84. The first-order chi connectivity index (χ1) is 8.86. The molecule has 0 N–H and O–H groups in total. The fourth-order valence-corrected chi connectivity index (χ4v) is 5.63. The highest BCUT2D eigenvalue weighted by atomic mass is 28.3. The molecule has 1 rings (SSSR count). The third-order valence-corrected chi connectivity index (χ3v) is 7.21. The SMILES string of the molecule is CCCC[SiH](CCCOC)CCCOCC1CO1. The van der Waals surface area contributed by atoms with Crippen LogP contribution < -0.4 is 0 Å². The highest BCUT2D eigenvalue weighted by Crippen LogP contribution is 2.15. The molecule has 0 aromatic rings. The molecule has 0 amide bonds. The van der Waals surface area contributed by atoms with Crippen LogP contribution in [0.2, 0.25) is 18.1 Å². The largest absolute Gasteiger partial charge is 0.385 e. The van der Waals surface area contributed by atoms with Crippen LogP contribution in [0, 0.1) is 0 Å². The number of hydrogen-bond acceptors (Lipinski definition) is 3. The molecular weight excluding hydrogens is 244 g/mol. The monoisotopic (exact) mass is 274 g/mol. The van der Waals surface area contributed by atoms with Gasteiger partial charge >= 0.3 is 0 Å². The maximum Gasteiger partial charge on any atom is 0.104 e. The first-order valence-corrected chi connectivity index (χ1v) is 10.00. The van der Waals surface area contributed by atoms with Gasteiger partial charge in [0.05, 0.1) is 13.2 Å². The Morgan fingerprint density at radius 2 is 1.78 bits per heavy atom. The van der Waals surface area contributed by atoms with Crippen molar-refractivity contribution in [3.63, 3.8) is 0 Å². The number of epoxide rings is 1. The fourth-order valence-electron chi connectivity index (χ4n) is 2.30. The summed E-state index contributed by atoms with van der Waals surface area (Å²) in [6.07, 6.45) is 5.68. The van der Waals surface area contributed by atoms with Crippen LogP contribution in [0.5, 0.6) is 0 Å². The Morgan fingerprint density at radius 1 is 1.11 bits per heavy atom. The van der Waals surface area contributed by atoms with E-state index in [9.17, 15) is 0 Å². The lowest BCUT2D eigenvalue weighted by molar-refractivity contribution is 0.117. The number of rotatable bonds is 13. The first kappa shape index (κ1) is 16.2. The van der Waals surface area contributed by atoms with E-state index in [2.05, 4.69) is 6.92 Å². The molecule has 1 saturated heterocycles. The summed E-state index contributed by atoms with van der Waals surface area (Å²) < 4.78 is 15.9. The zero-order valence-corrected chi connectivity index (χ0v) is 13.3. The number of unbranched alkanes of at least 4 members (excludes halogenated alkanes) is 1. The van der Waals surface area contributed by atoms with Crippen LogP contribution in [0.1, 0.15) is 32.6 Å². The minimum Gasteiger partial charge on any atom is -0.385 e. The molecule has 108 valence electrons. The average molecular weight is 274 g/mol. The molecular formula is C14H30O3Si. The summed E-state index contributed by atoms with van der Waals surface area (Å²) in [5.41, 5.74) is 0. The van der Waals surface area contributed by atoms with Crippen molar-refractivity contribution in [3.05, 3.63) is 0 Å². The molecule has 0 aromatic carbocycles. The Bertz CT molecular complexity index is 186. The maximum atomic E-state index is 5.61. The van der Waals surface area contributed by atoms with Crippen molar-refractivity contribution in [1.29, 1.82) is 0 Å². The smallest absolute Gasteiger partial charge is 0.104 e. The van der Waals surface area contributed by atoms with Crippen molar-refractivity contribution in [2.24, 2.45) is 0 Å². The summed E-state index contributed by atoms with van der Waals surface area (Å²) in [5.74, 6) is 0. The maximum absolute atomic E-state index is 5.61. The molecule has 1 heterocycles. The van der Waals surface area contributed by atoms with Crippen LogP contribution in [-0.2, 0) is 14.2 Å². The topological polar surface area (TPSA) is 31.0 Å². The van der Waals surface area contributed by atoms with Crippen LogP contribution in [-0.4, -0.2) is 48.4 Å². The minimum absolute atomic E-state index is 0.417. The molecule has 0 radical (unpaired) electrons. The number of ether oxygens (including phenoxy) is 3. The summed E-state index contributed by atoms with van der Waals surface area (Å²) in [5, 5.41) is 0. The van der Waals surface area contributed by atoms with Crippen LogP contribution in [0.4, 0.5) is 0 Å². The molecule has 1 fully saturated rings. The van der Waals surface area contributed by atoms with Gasteiger partial charge in [-0.3, -0.25) is 0 Å². The second kappa shape index (κ2) is 11.0. The third kappa shape index (κ3) is 9.08. The lowest BCUT2D eigenvalue weighted by Gasteiger charge is -2.14. The summed E-state index contributed by atoms with van der Waals surface area (Å²) in [6.45, 7) is 5.88. The molecule has 0 aliphatic carbocycles. The van der Waals surface area contributed by atoms with E-state index in [-0.39, 0.29) is 0 Å². The molecule has 0 bridgehead atoms. The van der Waals surface area contributed by atoms with Crippen LogP contribution >= 0.6 is 0 Å². The summed E-state index contributed by atoms with van der Waals surface area (Å²) in [4.78, 5) is 0. The lowest BCUT2D eigenvalue weighted by Crippen LogP contribution is -2.14. The van der Waals surface area contributed by atoms with E-state index in [1.807, 2.05) is 0 Å². The Labute approximate surface area is 114 Å². The van der Waals surface area contributed by atoms with E-state index >= 15 is 0 Å². The molecule has 3 nitrogen and oxygen atoms in total. The normalized spacial score (nSPS) is 20.0. The Balaban J connectivity index is 1.97. The van der Waals surface area contributed by atoms with Crippen molar-refractivity contribution < 1.29 is 14.2 Å². The molecule has 0 spiro atoms. The highest BCUT2D eigenvalue weighted by molar-refractivity contribution is 6.58. The molecule has 1 aliphatic heterocycles. The van der Waals surface area contributed by atoms with Crippen molar-refractivity contribution >= 4 is 8.80 Å². The van der Waals surface area contributed by atoms with E-state index < -0.39 is 8.80 Å². The fraction of sp³-hybridized carbons (Fsp3) is 1.00. The predicted octanol–water partition coefficient (Wildman–Crippen LogP) is 2.86. The number of hydrogen-bond donors (Lipinski definition) is 0. The molecule has 2 unspecified atom stereocenters. The van der Waals surface area contributed by atoms with Crippen molar-refractivity contribution in [3.8, 4) is 0 Å². The first-order valence-electron chi connectivity index (χ1n) is 7.55. The van der Waals surface area contributed by atoms with Crippen molar-refractivity contribution in [2.45, 2.75) is 56.8 Å². The Morgan fingerprint density at radius 3 is 2.39 bits per heavy atom. The van der Waals surface area contributed by atoms with Gasteiger partial charge in [0.1, 0.15) is 6.10 Å². The highest BCUT2D eigenvalue weighted by Gasteiger charge is 2.22. The average Bonchev–Trinajstić information content (AvgIpc) is 3.19. The number of methoxy groups -OCH3 is 1. The van der Waals surface area contributed by atoms with Gasteiger partial charge in [-0.2, -0.15) is 0 Å². The van der Waals surface area contributed by atoms with Gasteiger partial charge in [0.15, 0.2) is 0 Å². The van der Waals surface area contributed by atoms with Crippen molar-refractivity contribution in [1.82, 2.24) is 0 Å². The molecule has 4 heteroatoms. The van der Waals surface area contributed by atoms with Gasteiger partial charge in [0.25, 0.3) is 0 Å². The van der Waals surface area contributed by atoms with Gasteiger partial charge in [-0.1, -0.05) is 37.9 Å². The van der Waals surface area contributed by atoms with Crippen LogP contribution in [0.3, 0.4) is 0 Å². The van der Waals surface area contributed by atoms with Crippen LogP contribution in [0.15, 0.2) is 0 Å². The molecule has 0 aromatic heterocycles. The summed E-state index contributed by atoms with van der Waals surface area (Å²) in [6, 6.07) is 4.39. The van der Waals surface area contributed by atoms with Gasteiger partial charge in [-0.25, -0.2) is 0 Å². The lowest BCUT2D eigenvalue weighted by atomic mass is 10.4. The Hall–Kier alpha value is 0.0969. The standard InChI is InChI=1S/C14H30O3Si/c1-3-4-9-18(10-5-7-15-2)11-6-8-16-12-14-13-17-14/h14,18H,3-13H2,1-2H3. The van der Waals surface area contributed by atoms with Gasteiger partial charge < -0.3 is 14.2 Å². The third-order valence-electron chi connectivity index (χ3n) is 3.53. The van der Waals surface area contributed by atoms with E-state index in [1.165, 1.54) is 43.8 Å². The molecule has 0 saturated carbocycles. The van der Waals surface area contributed by atoms with E-state index in [4.69, 9.17) is 14.2 Å². The predicted molar refractivity (Wildman–Crippen MR) is 78.1 cm³/mol. The molecule has 1 aliphatic rings. The van der Waals surface area contributed by atoms with E-state index in [0.29, 0.717) is 6.10 Å². The van der Waals surface area contributed by atoms with Gasteiger partial charge in [0.2, 0.25) is 0 Å². The zero-order chi connectivity index (χ0) is 13.1.